The zero-order valence-corrected chi connectivity index (χ0v) is 22.0. The fourth-order valence-corrected chi connectivity index (χ4v) is 6.19. The van der Waals surface area contributed by atoms with Crippen LogP contribution in [0, 0.1) is 0 Å². The molecule has 1 aromatic heterocycles. The number of amides is 1. The Morgan fingerprint density at radius 3 is 2.42 bits per heavy atom. The van der Waals surface area contributed by atoms with Gasteiger partial charge >= 0.3 is 5.97 Å². The summed E-state index contributed by atoms with van der Waals surface area (Å²) in [6.45, 7) is -0.502. The smallest absolute Gasteiger partial charge is 0.348 e. The topological polar surface area (TPSA) is 92.8 Å². The number of anilines is 1. The molecule has 0 aliphatic rings. The van der Waals surface area contributed by atoms with E-state index in [4.69, 9.17) is 27.9 Å². The largest absolute Gasteiger partial charge is 0.465 e. The number of halogens is 2. The fraction of sp³-hybridized carbons (Fsp3) is 0.120. The standard InChI is InChI=1S/C25H20Cl2N2O5S2/c1-34-25(31)23-13-17-12-20(7-10-22(17)35-23)28-24(30)15-29(14-16-3-2-4-19(27)11-16)36(32,33)21-8-5-18(26)6-9-21/h2-13H,14-15H2,1H3,(H,28,30). The molecule has 4 aromatic rings. The lowest BCUT2D eigenvalue weighted by Gasteiger charge is -2.22. The average molecular weight is 563 g/mol. The van der Waals surface area contributed by atoms with Crippen molar-refractivity contribution in [3.05, 3.63) is 93.3 Å². The molecule has 0 radical (unpaired) electrons. The number of benzene rings is 3. The number of thiophene rings is 1. The van der Waals surface area contributed by atoms with Crippen LogP contribution in [0.4, 0.5) is 5.69 Å². The molecule has 0 unspecified atom stereocenters. The first kappa shape index (κ1) is 26.1. The van der Waals surface area contributed by atoms with Crippen LogP contribution in [0.2, 0.25) is 10.0 Å². The Kier molecular flexibility index (Phi) is 7.97. The fourth-order valence-electron chi connectivity index (χ4n) is 3.50. The minimum absolute atomic E-state index is 0.0109. The number of ether oxygens (including phenoxy) is 1. The summed E-state index contributed by atoms with van der Waals surface area (Å²) >= 11 is 13.3. The minimum Gasteiger partial charge on any atom is -0.465 e. The second kappa shape index (κ2) is 11.0. The van der Waals surface area contributed by atoms with Gasteiger partial charge in [-0.1, -0.05) is 35.3 Å². The molecule has 1 heterocycles. The summed E-state index contributed by atoms with van der Waals surface area (Å²) in [7, 11) is -2.73. The molecule has 4 rings (SSSR count). The number of hydrogen-bond acceptors (Lipinski definition) is 6. The molecule has 0 saturated carbocycles. The average Bonchev–Trinajstić information content (AvgIpc) is 3.27. The van der Waals surface area contributed by atoms with E-state index >= 15 is 0 Å². The summed E-state index contributed by atoms with van der Waals surface area (Å²) in [5, 5.41) is 4.35. The van der Waals surface area contributed by atoms with Gasteiger partial charge in [0.15, 0.2) is 0 Å². The van der Waals surface area contributed by atoms with Crippen LogP contribution in [0.25, 0.3) is 10.1 Å². The van der Waals surface area contributed by atoms with Gasteiger partial charge < -0.3 is 10.1 Å². The lowest BCUT2D eigenvalue weighted by atomic mass is 10.2. The Bertz CT molecular complexity index is 1540. The zero-order valence-electron chi connectivity index (χ0n) is 18.9. The van der Waals surface area contributed by atoms with E-state index in [1.165, 1.54) is 42.7 Å². The number of rotatable bonds is 8. The summed E-state index contributed by atoms with van der Waals surface area (Å²) in [5.41, 5.74) is 1.09. The van der Waals surface area contributed by atoms with Crippen LogP contribution in [0.5, 0.6) is 0 Å². The number of esters is 1. The van der Waals surface area contributed by atoms with Crippen LogP contribution in [0.1, 0.15) is 15.2 Å². The first-order chi connectivity index (χ1) is 17.2. The number of hydrogen-bond donors (Lipinski definition) is 1. The van der Waals surface area contributed by atoms with E-state index in [0.29, 0.717) is 26.2 Å². The molecule has 3 aromatic carbocycles. The Hall–Kier alpha value is -2.95. The maximum Gasteiger partial charge on any atom is 0.348 e. The number of carbonyl (C=O) groups is 2. The molecular formula is C25H20Cl2N2O5S2. The van der Waals surface area contributed by atoms with Crippen molar-refractivity contribution in [2.24, 2.45) is 0 Å². The van der Waals surface area contributed by atoms with Crippen LogP contribution in [-0.4, -0.2) is 38.3 Å². The normalized spacial score (nSPS) is 11.6. The van der Waals surface area contributed by atoms with Crippen molar-refractivity contribution in [3.8, 4) is 0 Å². The highest BCUT2D eigenvalue weighted by Gasteiger charge is 2.27. The van der Waals surface area contributed by atoms with Gasteiger partial charge in [-0.3, -0.25) is 4.79 Å². The van der Waals surface area contributed by atoms with Gasteiger partial charge in [0.1, 0.15) is 4.88 Å². The van der Waals surface area contributed by atoms with Gasteiger partial charge in [-0.2, -0.15) is 4.31 Å². The third kappa shape index (κ3) is 6.05. The third-order valence-electron chi connectivity index (χ3n) is 5.21. The van der Waals surface area contributed by atoms with E-state index in [9.17, 15) is 18.0 Å². The number of carbonyl (C=O) groups excluding carboxylic acids is 2. The number of fused-ring (bicyclic) bond motifs is 1. The van der Waals surface area contributed by atoms with Gasteiger partial charge in [0.25, 0.3) is 0 Å². The number of nitrogens with zero attached hydrogens (tertiary/aromatic N) is 1. The van der Waals surface area contributed by atoms with Gasteiger partial charge in [0.05, 0.1) is 18.6 Å². The van der Waals surface area contributed by atoms with Crippen molar-refractivity contribution in [3.63, 3.8) is 0 Å². The zero-order chi connectivity index (χ0) is 25.9. The SMILES string of the molecule is COC(=O)c1cc2cc(NC(=O)CN(Cc3cccc(Cl)c3)S(=O)(=O)c3ccc(Cl)cc3)ccc2s1. The molecule has 7 nitrogen and oxygen atoms in total. The van der Waals surface area contributed by atoms with Crippen LogP contribution in [0.3, 0.4) is 0 Å². The number of methoxy groups -OCH3 is 1. The summed E-state index contributed by atoms with van der Waals surface area (Å²) < 4.78 is 33.5. The van der Waals surface area contributed by atoms with E-state index in [1.54, 1.807) is 48.5 Å². The third-order valence-corrected chi connectivity index (χ3v) is 8.60. The molecule has 186 valence electrons. The number of nitrogens with one attached hydrogen (secondary N) is 1. The molecule has 0 bridgehead atoms. The monoisotopic (exact) mass is 562 g/mol. The van der Waals surface area contributed by atoms with Gasteiger partial charge in [-0.05, 0) is 71.6 Å². The molecule has 0 aliphatic carbocycles. The van der Waals surface area contributed by atoms with Gasteiger partial charge in [-0.15, -0.1) is 11.3 Å². The Morgan fingerprint density at radius 1 is 0.972 bits per heavy atom. The molecular weight excluding hydrogens is 543 g/mol. The van der Waals surface area contributed by atoms with Crippen LogP contribution in [-0.2, 0) is 26.1 Å². The molecule has 11 heteroatoms. The Labute approximate surface area is 222 Å². The van der Waals surface area contributed by atoms with E-state index in [2.05, 4.69) is 5.32 Å². The van der Waals surface area contributed by atoms with Crippen LogP contribution >= 0.6 is 34.5 Å². The lowest BCUT2D eigenvalue weighted by Crippen LogP contribution is -2.37. The maximum absolute atomic E-state index is 13.4. The predicted molar refractivity (Wildman–Crippen MR) is 142 cm³/mol. The molecule has 0 fully saturated rings. The molecule has 0 atom stereocenters. The first-order valence-electron chi connectivity index (χ1n) is 10.6. The Balaban J connectivity index is 1.58. The van der Waals surface area contributed by atoms with E-state index in [1.807, 2.05) is 0 Å². The maximum atomic E-state index is 13.4. The number of sulfonamides is 1. The highest BCUT2D eigenvalue weighted by Crippen LogP contribution is 2.29. The van der Waals surface area contributed by atoms with Crippen molar-refractivity contribution in [2.45, 2.75) is 11.4 Å². The molecule has 1 N–H and O–H groups in total. The summed E-state index contributed by atoms with van der Waals surface area (Å²) in [6, 6.07) is 19.4. The quantitative estimate of drug-likeness (QED) is 0.273. The molecule has 0 saturated heterocycles. The van der Waals surface area contributed by atoms with E-state index < -0.39 is 28.4 Å². The van der Waals surface area contributed by atoms with Crippen LogP contribution in [0.15, 0.2) is 77.7 Å². The van der Waals surface area contributed by atoms with Gasteiger partial charge in [0, 0.05) is 27.0 Å². The molecule has 36 heavy (non-hydrogen) atoms. The summed E-state index contributed by atoms with van der Waals surface area (Å²) in [4.78, 5) is 25.2. The molecule has 1 amide bonds. The molecule has 0 spiro atoms. The van der Waals surface area contributed by atoms with Gasteiger partial charge in [-0.25, -0.2) is 13.2 Å². The van der Waals surface area contributed by atoms with Crippen molar-refractivity contribution in [1.82, 2.24) is 4.31 Å². The van der Waals surface area contributed by atoms with E-state index in [0.717, 1.165) is 14.4 Å². The summed E-state index contributed by atoms with van der Waals surface area (Å²) in [6.07, 6.45) is 0. The highest BCUT2D eigenvalue weighted by molar-refractivity contribution is 7.89. The van der Waals surface area contributed by atoms with Crippen molar-refractivity contribution >= 4 is 72.2 Å². The predicted octanol–water partition coefficient (Wildman–Crippen LogP) is 5.82. The first-order valence-corrected chi connectivity index (χ1v) is 13.6. The second-order valence-electron chi connectivity index (χ2n) is 7.76. The van der Waals surface area contributed by atoms with Crippen molar-refractivity contribution in [1.29, 1.82) is 0 Å². The minimum atomic E-state index is -4.04. The Morgan fingerprint density at radius 2 is 1.72 bits per heavy atom. The van der Waals surface area contributed by atoms with E-state index in [-0.39, 0.29) is 11.4 Å². The second-order valence-corrected chi connectivity index (χ2v) is 11.7. The van der Waals surface area contributed by atoms with Crippen molar-refractivity contribution in [2.75, 3.05) is 19.0 Å². The van der Waals surface area contributed by atoms with Gasteiger partial charge in [0.2, 0.25) is 15.9 Å². The summed E-state index contributed by atoms with van der Waals surface area (Å²) in [5.74, 6) is -0.969. The van der Waals surface area contributed by atoms with Crippen LogP contribution < -0.4 is 5.32 Å². The molecule has 0 aliphatic heterocycles. The highest BCUT2D eigenvalue weighted by atomic mass is 35.5. The van der Waals surface area contributed by atoms with Crippen molar-refractivity contribution < 1.29 is 22.7 Å². The lowest BCUT2D eigenvalue weighted by molar-refractivity contribution is -0.116.